The average molecular weight is 769 g/mol. The van der Waals surface area contributed by atoms with Gasteiger partial charge in [-0.15, -0.1) is 0 Å². The van der Waals surface area contributed by atoms with Crippen LogP contribution in [0, 0.1) is 29.6 Å². The van der Waals surface area contributed by atoms with Crippen LogP contribution in [0.4, 0.5) is 35.1 Å². The van der Waals surface area contributed by atoms with E-state index in [0.29, 0.717) is 54.2 Å². The Morgan fingerprint density at radius 2 is 1.52 bits per heavy atom. The molecule has 0 unspecified atom stereocenters. The normalized spacial score (nSPS) is 31.1. The number of aliphatic carboxylic acids is 1. The minimum Gasteiger partial charge on any atom is -0.490 e. The first-order valence-electron chi connectivity index (χ1n) is 18.7. The standard InChI is InChI=1S/C38H40F8N4O4/c39-35(40)9-7-24(8-10-35)50-18-29(27-6-5-26(16-30(27)50)54-25-3-1-21(2-4-25)37(41,42)43)32-47-17-28(31(48-32)38(44,45)46)33(51)49-36(34(52)53)22-12-19-11-20(14-22)15-23(36)13-19/h5-6,16-25H,1-4,7-15H2,(H,49,51)(H,52,53). The minimum atomic E-state index is -5.13. The van der Waals surface area contributed by atoms with Crippen molar-refractivity contribution < 1.29 is 54.6 Å². The minimum absolute atomic E-state index is 0.0747. The van der Waals surface area contributed by atoms with Crippen LogP contribution in [0.5, 0.6) is 5.75 Å². The van der Waals surface area contributed by atoms with E-state index in [1.54, 1.807) is 22.8 Å². The van der Waals surface area contributed by atoms with Gasteiger partial charge >= 0.3 is 18.3 Å². The van der Waals surface area contributed by atoms with Crippen molar-refractivity contribution in [3.05, 3.63) is 41.9 Å². The number of aromatic nitrogens is 3. The molecule has 2 N–H and O–H groups in total. The third-order valence-electron chi connectivity index (χ3n) is 13.0. The summed E-state index contributed by atoms with van der Waals surface area (Å²) >= 11 is 0. The van der Waals surface area contributed by atoms with Crippen LogP contribution in [-0.4, -0.2) is 55.3 Å². The summed E-state index contributed by atoms with van der Waals surface area (Å²) < 4.78 is 120. The number of amides is 1. The number of halogens is 8. The van der Waals surface area contributed by atoms with Crippen molar-refractivity contribution in [1.82, 2.24) is 19.9 Å². The van der Waals surface area contributed by atoms with Crippen LogP contribution in [0.25, 0.3) is 22.3 Å². The van der Waals surface area contributed by atoms with Crippen LogP contribution >= 0.6 is 0 Å². The van der Waals surface area contributed by atoms with Gasteiger partial charge in [-0.25, -0.2) is 23.5 Å². The van der Waals surface area contributed by atoms with E-state index < -0.39 is 89.7 Å². The fraction of sp³-hybridized carbons (Fsp3) is 0.632. The molecule has 54 heavy (non-hydrogen) atoms. The highest BCUT2D eigenvalue weighted by Gasteiger charge is 2.62. The maximum absolute atomic E-state index is 14.7. The van der Waals surface area contributed by atoms with E-state index in [-0.39, 0.29) is 49.9 Å². The molecular weight excluding hydrogens is 728 g/mol. The van der Waals surface area contributed by atoms with Gasteiger partial charge in [0.25, 0.3) is 5.91 Å². The quantitative estimate of drug-likeness (QED) is 0.232. The number of nitrogens with one attached hydrogen (secondary N) is 1. The fourth-order valence-electron chi connectivity index (χ4n) is 10.5. The number of carbonyl (C=O) groups is 2. The fourth-order valence-corrected chi connectivity index (χ4v) is 10.5. The molecule has 8 nitrogen and oxygen atoms in total. The number of ether oxygens (including phenoxy) is 1. The molecule has 0 atom stereocenters. The van der Waals surface area contributed by atoms with E-state index in [2.05, 4.69) is 15.3 Å². The lowest BCUT2D eigenvalue weighted by atomic mass is 9.48. The van der Waals surface area contributed by atoms with Gasteiger partial charge in [-0.2, -0.15) is 26.3 Å². The number of alkyl halides is 8. The first-order valence-corrected chi connectivity index (χ1v) is 18.7. The number of rotatable bonds is 7. The van der Waals surface area contributed by atoms with Gasteiger partial charge in [0.2, 0.25) is 5.92 Å². The van der Waals surface area contributed by atoms with Crippen molar-refractivity contribution in [2.45, 2.75) is 119 Å². The molecule has 4 bridgehead atoms. The third-order valence-corrected chi connectivity index (χ3v) is 13.0. The molecule has 9 rings (SSSR count). The number of carboxylic acid groups (broad SMARTS) is 1. The predicted octanol–water partition coefficient (Wildman–Crippen LogP) is 9.38. The highest BCUT2D eigenvalue weighted by atomic mass is 19.4. The second-order valence-electron chi connectivity index (χ2n) is 16.2. The van der Waals surface area contributed by atoms with E-state index in [1.165, 1.54) is 6.20 Å². The molecule has 1 aromatic carbocycles. The number of benzene rings is 1. The van der Waals surface area contributed by atoms with Crippen LogP contribution in [-0.2, 0) is 11.0 Å². The average Bonchev–Trinajstić information content (AvgIpc) is 3.47. The molecule has 292 valence electrons. The first-order chi connectivity index (χ1) is 25.4. The van der Waals surface area contributed by atoms with Crippen LogP contribution in [0.3, 0.4) is 0 Å². The molecule has 3 aromatic rings. The zero-order valence-corrected chi connectivity index (χ0v) is 29.2. The molecule has 6 aliphatic rings. The lowest BCUT2D eigenvalue weighted by Crippen LogP contribution is -2.70. The summed E-state index contributed by atoms with van der Waals surface area (Å²) in [7, 11) is 0. The maximum Gasteiger partial charge on any atom is 0.434 e. The highest BCUT2D eigenvalue weighted by Crippen LogP contribution is 2.58. The summed E-state index contributed by atoms with van der Waals surface area (Å²) in [5.74, 6) is -6.96. The van der Waals surface area contributed by atoms with Crippen LogP contribution in [0.15, 0.2) is 30.6 Å². The molecule has 0 radical (unpaired) electrons. The Morgan fingerprint density at radius 1 is 0.889 bits per heavy atom. The lowest BCUT2D eigenvalue weighted by Gasteiger charge is -2.59. The zero-order valence-electron chi connectivity index (χ0n) is 29.2. The SMILES string of the molecule is O=C(NC1(C(=O)O)C2CC3CC(C2)CC1C3)c1cnc(-c2cn(C3CCC(F)(F)CC3)c3cc(OC4CCC(C(F)(F)F)CC4)ccc23)nc1C(F)(F)F. The monoisotopic (exact) mass is 768 g/mol. The summed E-state index contributed by atoms with van der Waals surface area (Å²) in [4.78, 5) is 34.6. The molecule has 16 heteroatoms. The summed E-state index contributed by atoms with van der Waals surface area (Å²) in [5, 5.41) is 13.4. The van der Waals surface area contributed by atoms with E-state index in [1.807, 2.05) is 0 Å². The van der Waals surface area contributed by atoms with Gasteiger partial charge < -0.3 is 19.7 Å². The number of hydrogen-bond donors (Lipinski definition) is 2. The second kappa shape index (κ2) is 13.1. The number of nitrogens with zero attached hydrogens (tertiary/aromatic N) is 3. The topological polar surface area (TPSA) is 106 Å². The van der Waals surface area contributed by atoms with Gasteiger partial charge in [0.1, 0.15) is 11.3 Å². The summed E-state index contributed by atoms with van der Waals surface area (Å²) in [6.07, 6.45) is -4.81. The van der Waals surface area contributed by atoms with Crippen LogP contribution < -0.4 is 10.1 Å². The van der Waals surface area contributed by atoms with Gasteiger partial charge in [0, 0.05) is 48.3 Å². The third kappa shape index (κ3) is 6.58. The Balaban J connectivity index is 1.13. The van der Waals surface area contributed by atoms with Crippen molar-refractivity contribution >= 4 is 22.8 Å². The lowest BCUT2D eigenvalue weighted by molar-refractivity contribution is -0.185. The van der Waals surface area contributed by atoms with Gasteiger partial charge in [0.15, 0.2) is 11.5 Å². The van der Waals surface area contributed by atoms with Crippen molar-refractivity contribution in [3.63, 3.8) is 0 Å². The Labute approximate surface area is 305 Å². The first kappa shape index (κ1) is 37.0. The Kier molecular flexibility index (Phi) is 8.94. The van der Waals surface area contributed by atoms with Crippen molar-refractivity contribution in [2.75, 3.05) is 0 Å². The largest absolute Gasteiger partial charge is 0.490 e. The van der Waals surface area contributed by atoms with Gasteiger partial charge in [-0.05, 0) is 106 Å². The van der Waals surface area contributed by atoms with E-state index >= 15 is 0 Å². The Bertz CT molecular complexity index is 1910. The van der Waals surface area contributed by atoms with Crippen molar-refractivity contribution in [1.29, 1.82) is 0 Å². The Morgan fingerprint density at radius 3 is 2.09 bits per heavy atom. The second-order valence-corrected chi connectivity index (χ2v) is 16.2. The summed E-state index contributed by atoms with van der Waals surface area (Å²) in [5.41, 5.74) is -3.57. The van der Waals surface area contributed by atoms with Crippen LogP contribution in [0.2, 0.25) is 0 Å². The molecule has 6 fully saturated rings. The molecular formula is C38H40F8N4O4. The molecule has 1 amide bonds. The maximum atomic E-state index is 14.7. The molecule has 6 saturated carbocycles. The zero-order chi connectivity index (χ0) is 38.4. The molecule has 0 saturated heterocycles. The van der Waals surface area contributed by atoms with E-state index in [0.717, 1.165) is 12.6 Å². The number of carbonyl (C=O) groups excluding carboxylic acids is 1. The van der Waals surface area contributed by atoms with Crippen molar-refractivity contribution in [3.8, 4) is 17.1 Å². The van der Waals surface area contributed by atoms with Gasteiger partial charge in [0.05, 0.1) is 23.1 Å². The van der Waals surface area contributed by atoms with Crippen molar-refractivity contribution in [2.24, 2.45) is 29.6 Å². The highest BCUT2D eigenvalue weighted by molar-refractivity contribution is 6.00. The predicted molar refractivity (Wildman–Crippen MR) is 178 cm³/mol. The van der Waals surface area contributed by atoms with E-state index in [4.69, 9.17) is 4.74 Å². The van der Waals surface area contributed by atoms with Crippen LogP contribution in [0.1, 0.15) is 106 Å². The molecule has 6 aliphatic carbocycles. The smallest absolute Gasteiger partial charge is 0.434 e. The summed E-state index contributed by atoms with van der Waals surface area (Å²) in [6, 6.07) is 4.25. The number of fused-ring (bicyclic) bond motifs is 1. The van der Waals surface area contributed by atoms with E-state index in [9.17, 15) is 49.8 Å². The number of carboxylic acids is 1. The molecule has 0 aliphatic heterocycles. The number of hydrogen-bond acceptors (Lipinski definition) is 5. The Hall–Kier alpha value is -3.98. The molecule has 2 heterocycles. The molecule has 2 aromatic heterocycles. The van der Waals surface area contributed by atoms with Gasteiger partial charge in [-0.1, -0.05) is 0 Å². The molecule has 0 spiro atoms. The van der Waals surface area contributed by atoms with Gasteiger partial charge in [-0.3, -0.25) is 4.79 Å². The summed E-state index contributed by atoms with van der Waals surface area (Å²) in [6.45, 7) is 0.